The zero-order valence-electron chi connectivity index (χ0n) is 25.0. The standard InChI is InChI=1S/C30H34F3N5O8S/c31-17-2-1-3-19(9-17)47(44,45)38-7-6-36-15-23(38)29(42)34-12-25-28(41)27(40)24(46-25)11-26(39)35-18-10-22(30(36)43)37(14-18)13-16-4-5-20(32)21(33)8-16/h1-5,8-9,18,22-25,27-28,40-41H,6-7,10-15H2,(H,34,42)(H,35,39)/t18-,22-,23-,24-,25+,27-,28+/m0/s1. The van der Waals surface area contributed by atoms with Crippen molar-refractivity contribution in [3.05, 3.63) is 65.5 Å². The van der Waals surface area contributed by atoms with E-state index in [-0.39, 0.29) is 57.0 Å². The molecule has 0 radical (unpaired) electrons. The first-order valence-electron chi connectivity index (χ1n) is 15.1. The van der Waals surface area contributed by atoms with Crippen molar-refractivity contribution in [2.75, 3.05) is 32.7 Å². The Hall–Kier alpha value is -3.61. The Morgan fingerprint density at radius 2 is 1.68 bits per heavy atom. The van der Waals surface area contributed by atoms with E-state index in [9.17, 15) is 46.2 Å². The second kappa shape index (κ2) is 13.1. The molecule has 4 saturated heterocycles. The van der Waals surface area contributed by atoms with Gasteiger partial charge in [0.25, 0.3) is 0 Å². The van der Waals surface area contributed by atoms with Gasteiger partial charge in [-0.3, -0.25) is 19.3 Å². The van der Waals surface area contributed by atoms with Gasteiger partial charge in [-0.05, 0) is 42.3 Å². The second-order valence-electron chi connectivity index (χ2n) is 12.2. The third-order valence-electron chi connectivity index (χ3n) is 9.10. The van der Waals surface area contributed by atoms with Crippen LogP contribution < -0.4 is 10.6 Å². The summed E-state index contributed by atoms with van der Waals surface area (Å²) in [5, 5.41) is 26.5. The topological polar surface area (TPSA) is 169 Å². The number of carbonyl (C=O) groups is 3. The number of carbonyl (C=O) groups excluding carboxylic acids is 3. The van der Waals surface area contributed by atoms with Gasteiger partial charge >= 0.3 is 0 Å². The van der Waals surface area contributed by atoms with E-state index in [4.69, 9.17) is 4.74 Å². The molecule has 4 aliphatic rings. The van der Waals surface area contributed by atoms with Crippen LogP contribution in [0.3, 0.4) is 0 Å². The highest BCUT2D eigenvalue weighted by Gasteiger charge is 2.48. The molecule has 17 heteroatoms. The number of ether oxygens (including phenoxy) is 1. The van der Waals surface area contributed by atoms with Crippen molar-refractivity contribution in [2.45, 2.75) is 66.8 Å². The average Bonchev–Trinajstić information content (AvgIpc) is 3.55. The molecule has 2 aromatic carbocycles. The second-order valence-corrected chi connectivity index (χ2v) is 14.1. The highest BCUT2D eigenvalue weighted by Crippen LogP contribution is 2.29. The molecule has 4 aliphatic heterocycles. The molecule has 6 rings (SSSR count). The number of hydrogen-bond acceptors (Lipinski definition) is 9. The van der Waals surface area contributed by atoms with Gasteiger partial charge < -0.3 is 30.5 Å². The first kappa shape index (κ1) is 33.3. The number of aliphatic hydroxyl groups is 2. The normalized spacial score (nSPS) is 31.1. The number of likely N-dealkylation sites (tertiary alicyclic amines) is 1. The van der Waals surface area contributed by atoms with Crippen LogP contribution >= 0.6 is 0 Å². The van der Waals surface area contributed by atoms with Gasteiger partial charge in [-0.1, -0.05) is 12.1 Å². The lowest BCUT2D eigenvalue weighted by Gasteiger charge is -2.41. The monoisotopic (exact) mass is 681 g/mol. The van der Waals surface area contributed by atoms with Gasteiger partial charge in [0, 0.05) is 45.3 Å². The van der Waals surface area contributed by atoms with Crippen LogP contribution in [0.5, 0.6) is 0 Å². The van der Waals surface area contributed by atoms with Gasteiger partial charge in [0.1, 0.15) is 30.2 Å². The molecule has 4 heterocycles. The van der Waals surface area contributed by atoms with E-state index >= 15 is 0 Å². The van der Waals surface area contributed by atoms with Crippen LogP contribution in [0.15, 0.2) is 47.4 Å². The minimum absolute atomic E-state index is 0.0100. The fourth-order valence-corrected chi connectivity index (χ4v) is 8.31. The first-order valence-corrected chi connectivity index (χ1v) is 16.6. The summed E-state index contributed by atoms with van der Waals surface area (Å²) in [6.07, 6.45) is -5.41. The summed E-state index contributed by atoms with van der Waals surface area (Å²) in [5.41, 5.74) is 0.366. The smallest absolute Gasteiger partial charge is 0.244 e. The van der Waals surface area contributed by atoms with Crippen molar-refractivity contribution < 1.29 is 50.9 Å². The maximum absolute atomic E-state index is 14.1. The van der Waals surface area contributed by atoms with Gasteiger partial charge in [-0.25, -0.2) is 21.6 Å². The molecule has 4 N–H and O–H groups in total. The summed E-state index contributed by atoms with van der Waals surface area (Å²) in [6, 6.07) is 4.72. The van der Waals surface area contributed by atoms with Crippen molar-refractivity contribution in [2.24, 2.45) is 0 Å². The maximum atomic E-state index is 14.1. The zero-order valence-corrected chi connectivity index (χ0v) is 25.8. The Labute approximate surface area is 268 Å². The molecule has 0 spiro atoms. The third kappa shape index (κ3) is 6.73. The number of aliphatic hydroxyl groups excluding tert-OH is 2. The van der Waals surface area contributed by atoms with Crippen LogP contribution in [0.25, 0.3) is 0 Å². The van der Waals surface area contributed by atoms with E-state index in [0.717, 1.165) is 28.6 Å². The fraction of sp³-hybridized carbons (Fsp3) is 0.500. The lowest BCUT2D eigenvalue weighted by Crippen LogP contribution is -2.63. The largest absolute Gasteiger partial charge is 0.388 e. The number of halogens is 3. The summed E-state index contributed by atoms with van der Waals surface area (Å²) >= 11 is 0. The van der Waals surface area contributed by atoms with Crippen molar-refractivity contribution >= 4 is 27.7 Å². The first-order chi connectivity index (χ1) is 22.3. The summed E-state index contributed by atoms with van der Waals surface area (Å²) in [4.78, 5) is 43.4. The van der Waals surface area contributed by atoms with Crippen molar-refractivity contribution in [1.29, 1.82) is 0 Å². The van der Waals surface area contributed by atoms with Gasteiger partial charge in [-0.15, -0.1) is 0 Å². The van der Waals surface area contributed by atoms with E-state index in [1.54, 1.807) is 4.90 Å². The van der Waals surface area contributed by atoms with E-state index < -0.39 is 87.7 Å². The number of nitrogens with one attached hydrogen (secondary N) is 2. The number of amides is 3. The Kier molecular flexibility index (Phi) is 9.30. The molecule has 4 fully saturated rings. The highest BCUT2D eigenvalue weighted by molar-refractivity contribution is 7.89. The Morgan fingerprint density at radius 1 is 0.915 bits per heavy atom. The van der Waals surface area contributed by atoms with Crippen LogP contribution in [-0.4, -0.2) is 126 Å². The summed E-state index contributed by atoms with van der Waals surface area (Å²) in [6.45, 7) is -1.02. The molecule has 2 aromatic rings. The van der Waals surface area contributed by atoms with E-state index in [1.807, 2.05) is 0 Å². The van der Waals surface area contributed by atoms with Crippen LogP contribution in [0, 0.1) is 17.5 Å². The molecular weight excluding hydrogens is 647 g/mol. The minimum atomic E-state index is -4.43. The summed E-state index contributed by atoms with van der Waals surface area (Å²) < 4.78 is 75.7. The Bertz CT molecular complexity index is 1670. The quantitative estimate of drug-likeness (QED) is 0.319. The van der Waals surface area contributed by atoms with Gasteiger partial charge in [0.2, 0.25) is 27.7 Å². The van der Waals surface area contributed by atoms with Crippen LogP contribution in [0.1, 0.15) is 18.4 Å². The molecule has 6 bridgehead atoms. The molecule has 0 aromatic heterocycles. The predicted molar refractivity (Wildman–Crippen MR) is 156 cm³/mol. The molecule has 0 aliphatic carbocycles. The molecule has 0 saturated carbocycles. The SMILES string of the molecule is O=C1C[C@@H]2O[C@H](CNC(=O)[C@@H]3CN(CCN3S(=O)(=O)c3cccc(F)c3)C(=O)[C@@H]3C[C@@H](CN3Cc3ccc(F)c(F)c3)N1)[C@@H](O)[C@H]2O. The zero-order chi connectivity index (χ0) is 33.6. The number of sulfonamides is 1. The van der Waals surface area contributed by atoms with E-state index in [0.29, 0.717) is 5.56 Å². The van der Waals surface area contributed by atoms with Gasteiger partial charge in [0.05, 0.1) is 23.5 Å². The van der Waals surface area contributed by atoms with Crippen molar-refractivity contribution in [3.63, 3.8) is 0 Å². The molecule has 3 amide bonds. The molecule has 7 atom stereocenters. The lowest BCUT2D eigenvalue weighted by molar-refractivity contribution is -0.140. The number of benzene rings is 2. The van der Waals surface area contributed by atoms with Crippen LogP contribution in [0.4, 0.5) is 13.2 Å². The molecule has 254 valence electrons. The number of rotatable bonds is 4. The number of hydrogen-bond donors (Lipinski definition) is 4. The van der Waals surface area contributed by atoms with Gasteiger partial charge in [0.15, 0.2) is 11.6 Å². The van der Waals surface area contributed by atoms with E-state index in [2.05, 4.69) is 10.6 Å². The lowest BCUT2D eigenvalue weighted by atomic mass is 10.0. The van der Waals surface area contributed by atoms with E-state index in [1.165, 1.54) is 23.1 Å². The molecule has 0 unspecified atom stereocenters. The van der Waals surface area contributed by atoms with Crippen LogP contribution in [0.2, 0.25) is 0 Å². The molecular formula is C30H34F3N5O8S. The maximum Gasteiger partial charge on any atom is 0.244 e. The van der Waals surface area contributed by atoms with Gasteiger partial charge in [-0.2, -0.15) is 4.31 Å². The summed E-state index contributed by atoms with van der Waals surface area (Å²) in [7, 11) is -4.43. The summed E-state index contributed by atoms with van der Waals surface area (Å²) in [5.74, 6) is -4.72. The average molecular weight is 682 g/mol. The Balaban J connectivity index is 1.33. The fourth-order valence-electron chi connectivity index (χ4n) is 6.70. The predicted octanol–water partition coefficient (Wildman–Crippen LogP) is -0.926. The number of nitrogens with zero attached hydrogens (tertiary/aromatic N) is 3. The molecule has 13 nitrogen and oxygen atoms in total. The van der Waals surface area contributed by atoms with Crippen LogP contribution in [-0.2, 0) is 35.7 Å². The molecule has 47 heavy (non-hydrogen) atoms. The number of fused-ring (bicyclic) bond motifs is 6. The Morgan fingerprint density at radius 3 is 2.43 bits per heavy atom. The van der Waals surface area contributed by atoms with Crippen molar-refractivity contribution in [3.8, 4) is 0 Å². The third-order valence-corrected chi connectivity index (χ3v) is 11.0. The number of piperazine rings is 1. The minimum Gasteiger partial charge on any atom is -0.388 e. The highest BCUT2D eigenvalue weighted by atomic mass is 32.2. The van der Waals surface area contributed by atoms with Crippen molar-refractivity contribution in [1.82, 2.24) is 24.7 Å².